The van der Waals surface area contributed by atoms with Crippen molar-refractivity contribution in [2.45, 2.75) is 18.3 Å². The van der Waals surface area contributed by atoms with Crippen molar-refractivity contribution >= 4 is 29.0 Å². The molecular formula is C22H18F3N3OS2. The van der Waals surface area contributed by atoms with E-state index in [2.05, 4.69) is 16.4 Å². The van der Waals surface area contributed by atoms with Crippen molar-refractivity contribution < 1.29 is 18.0 Å². The average molecular weight is 462 g/mol. The van der Waals surface area contributed by atoms with Gasteiger partial charge in [-0.15, -0.1) is 11.3 Å². The Hall–Kier alpha value is -2.83. The first-order chi connectivity index (χ1) is 14.9. The lowest BCUT2D eigenvalue weighted by molar-refractivity contribution is -0.137. The molecule has 3 aromatic rings. The van der Waals surface area contributed by atoms with E-state index in [4.69, 9.17) is 5.26 Å². The molecule has 0 saturated heterocycles. The summed E-state index contributed by atoms with van der Waals surface area (Å²) in [5.41, 5.74) is 2.08. The maximum atomic E-state index is 12.7. The molecule has 0 aliphatic rings. The number of rotatable bonds is 8. The van der Waals surface area contributed by atoms with Crippen LogP contribution in [0.3, 0.4) is 0 Å². The Morgan fingerprint density at radius 1 is 1.16 bits per heavy atom. The third-order valence-corrected chi connectivity index (χ3v) is 6.26. The van der Waals surface area contributed by atoms with Crippen molar-refractivity contribution in [1.82, 2.24) is 10.3 Å². The predicted molar refractivity (Wildman–Crippen MR) is 117 cm³/mol. The zero-order chi connectivity index (χ0) is 22.3. The third kappa shape index (κ3) is 6.57. The van der Waals surface area contributed by atoms with E-state index < -0.39 is 11.7 Å². The molecule has 0 aliphatic heterocycles. The maximum absolute atomic E-state index is 12.7. The molecule has 0 aliphatic carbocycles. The van der Waals surface area contributed by atoms with Crippen molar-refractivity contribution in [3.8, 4) is 16.6 Å². The molecule has 1 heterocycles. The number of nitrogens with one attached hydrogen (secondary N) is 1. The van der Waals surface area contributed by atoms with Crippen LogP contribution in [0.1, 0.15) is 22.4 Å². The Morgan fingerprint density at radius 2 is 1.90 bits per heavy atom. The molecule has 0 radical (unpaired) electrons. The lowest BCUT2D eigenvalue weighted by atomic mass is 10.1. The minimum absolute atomic E-state index is 0.110. The largest absolute Gasteiger partial charge is 0.416 e. The van der Waals surface area contributed by atoms with E-state index in [1.54, 1.807) is 23.2 Å². The summed E-state index contributed by atoms with van der Waals surface area (Å²) in [5.74, 6) is 1.24. The number of amides is 1. The highest BCUT2D eigenvalue weighted by Crippen LogP contribution is 2.31. The minimum Gasteiger partial charge on any atom is -0.355 e. The van der Waals surface area contributed by atoms with Gasteiger partial charge in [0.05, 0.1) is 29.3 Å². The van der Waals surface area contributed by atoms with Crippen LogP contribution in [0.4, 0.5) is 13.2 Å². The van der Waals surface area contributed by atoms with Crippen LogP contribution in [0.15, 0.2) is 53.9 Å². The van der Waals surface area contributed by atoms with Crippen molar-refractivity contribution in [3.63, 3.8) is 0 Å². The normalized spacial score (nSPS) is 11.2. The summed E-state index contributed by atoms with van der Waals surface area (Å²) in [6.45, 7) is 0.494. The van der Waals surface area contributed by atoms with Gasteiger partial charge in [-0.3, -0.25) is 4.79 Å². The fraction of sp³-hybridized carbons (Fsp3) is 0.227. The summed E-state index contributed by atoms with van der Waals surface area (Å²) < 4.78 is 38.0. The molecule has 160 valence electrons. The van der Waals surface area contributed by atoms with Gasteiger partial charge in [0.25, 0.3) is 0 Å². The monoisotopic (exact) mass is 461 g/mol. The summed E-state index contributed by atoms with van der Waals surface area (Å²) in [4.78, 5) is 16.5. The van der Waals surface area contributed by atoms with Crippen LogP contribution in [0, 0.1) is 11.3 Å². The lowest BCUT2D eigenvalue weighted by Gasteiger charge is -2.06. The topological polar surface area (TPSA) is 65.8 Å². The van der Waals surface area contributed by atoms with Crippen LogP contribution in [0.2, 0.25) is 0 Å². The van der Waals surface area contributed by atoms with Crippen molar-refractivity contribution in [2.24, 2.45) is 0 Å². The molecule has 0 unspecified atom stereocenters. The number of hydrogen-bond acceptors (Lipinski definition) is 5. The van der Waals surface area contributed by atoms with Crippen molar-refractivity contribution in [3.05, 3.63) is 76.3 Å². The highest BCUT2D eigenvalue weighted by atomic mass is 32.2. The van der Waals surface area contributed by atoms with Crippen LogP contribution >= 0.6 is 23.1 Å². The van der Waals surface area contributed by atoms with Crippen LogP contribution in [-0.2, 0) is 23.1 Å². The van der Waals surface area contributed by atoms with Crippen molar-refractivity contribution in [2.75, 3.05) is 12.3 Å². The smallest absolute Gasteiger partial charge is 0.355 e. The number of thioether (sulfide) groups is 1. The van der Waals surface area contributed by atoms with Gasteiger partial charge in [0.15, 0.2) is 0 Å². The van der Waals surface area contributed by atoms with E-state index in [1.165, 1.54) is 23.5 Å². The van der Waals surface area contributed by atoms with E-state index in [-0.39, 0.29) is 12.3 Å². The number of halogens is 3. The molecule has 1 amide bonds. The third-order valence-electron chi connectivity index (χ3n) is 4.32. The molecule has 0 saturated carbocycles. The van der Waals surface area contributed by atoms with Gasteiger partial charge in [0, 0.05) is 29.0 Å². The van der Waals surface area contributed by atoms with E-state index in [9.17, 15) is 18.0 Å². The van der Waals surface area contributed by atoms with E-state index in [1.807, 2.05) is 18.2 Å². The highest BCUT2D eigenvalue weighted by Gasteiger charge is 2.30. The zero-order valence-corrected chi connectivity index (χ0v) is 17.9. The summed E-state index contributed by atoms with van der Waals surface area (Å²) >= 11 is 2.92. The molecule has 0 bridgehead atoms. The quantitative estimate of drug-likeness (QED) is 0.463. The summed E-state index contributed by atoms with van der Waals surface area (Å²) in [5, 5.41) is 14.2. The number of alkyl halides is 3. The first kappa shape index (κ1) is 22.8. The number of thiazole rings is 1. The van der Waals surface area contributed by atoms with Gasteiger partial charge in [-0.1, -0.05) is 30.3 Å². The summed E-state index contributed by atoms with van der Waals surface area (Å²) in [7, 11) is 0. The van der Waals surface area contributed by atoms with Crippen LogP contribution < -0.4 is 5.32 Å². The summed E-state index contributed by atoms with van der Waals surface area (Å²) in [6.07, 6.45) is -4.26. The van der Waals surface area contributed by atoms with Crippen LogP contribution in [0.25, 0.3) is 10.6 Å². The van der Waals surface area contributed by atoms with E-state index in [0.29, 0.717) is 39.9 Å². The van der Waals surface area contributed by atoms with E-state index in [0.717, 1.165) is 17.7 Å². The fourth-order valence-electron chi connectivity index (χ4n) is 2.75. The standard InChI is InChI=1S/C22H18F3N3OS2/c23-22(24,25)18-7-5-15(6-8-18)21-28-19(14-31-21)11-20(29)27-9-10-30-13-17-4-2-1-3-16(17)12-26/h1-8,14H,9-11,13H2,(H,27,29). The molecular weight excluding hydrogens is 443 g/mol. The minimum atomic E-state index is -4.37. The number of carbonyl (C=O) groups excluding carboxylic acids is 1. The molecule has 9 heteroatoms. The molecule has 0 spiro atoms. The second kappa shape index (κ2) is 10.5. The Labute approximate surface area is 186 Å². The first-order valence-corrected chi connectivity index (χ1v) is 11.3. The number of aromatic nitrogens is 1. The average Bonchev–Trinajstić information content (AvgIpc) is 3.21. The lowest BCUT2D eigenvalue weighted by Crippen LogP contribution is -2.27. The zero-order valence-electron chi connectivity index (χ0n) is 16.3. The molecule has 1 N–H and O–H groups in total. The summed E-state index contributed by atoms with van der Waals surface area (Å²) in [6, 6.07) is 14.4. The number of nitrogens with zero attached hydrogens (tertiary/aromatic N) is 2. The first-order valence-electron chi connectivity index (χ1n) is 9.31. The predicted octanol–water partition coefficient (Wildman–Crippen LogP) is 5.29. The highest BCUT2D eigenvalue weighted by molar-refractivity contribution is 7.98. The second-order valence-electron chi connectivity index (χ2n) is 6.57. The van der Waals surface area contributed by atoms with Gasteiger partial charge >= 0.3 is 6.18 Å². The molecule has 1 aromatic heterocycles. The Bertz CT molecular complexity index is 1070. The van der Waals surface area contributed by atoms with Crippen LogP contribution in [-0.4, -0.2) is 23.2 Å². The molecule has 0 fully saturated rings. The van der Waals surface area contributed by atoms with Gasteiger partial charge in [-0.25, -0.2) is 4.98 Å². The Kier molecular flexibility index (Phi) is 7.71. The SMILES string of the molecule is N#Cc1ccccc1CSCCNC(=O)Cc1csc(-c2ccc(C(F)(F)F)cc2)n1. The molecule has 31 heavy (non-hydrogen) atoms. The van der Waals surface area contributed by atoms with Gasteiger partial charge in [0.1, 0.15) is 5.01 Å². The maximum Gasteiger partial charge on any atom is 0.416 e. The van der Waals surface area contributed by atoms with Gasteiger partial charge in [0.2, 0.25) is 5.91 Å². The Morgan fingerprint density at radius 3 is 2.61 bits per heavy atom. The Balaban J connectivity index is 1.43. The van der Waals surface area contributed by atoms with Gasteiger partial charge in [-0.2, -0.15) is 30.2 Å². The van der Waals surface area contributed by atoms with Gasteiger partial charge in [-0.05, 0) is 23.8 Å². The number of nitriles is 1. The van der Waals surface area contributed by atoms with Crippen LogP contribution in [0.5, 0.6) is 0 Å². The molecule has 0 atom stereocenters. The molecule has 2 aromatic carbocycles. The second-order valence-corrected chi connectivity index (χ2v) is 8.53. The number of benzene rings is 2. The van der Waals surface area contributed by atoms with E-state index >= 15 is 0 Å². The number of carbonyl (C=O) groups is 1. The molecule has 4 nitrogen and oxygen atoms in total. The van der Waals surface area contributed by atoms with Crippen molar-refractivity contribution in [1.29, 1.82) is 5.26 Å². The van der Waals surface area contributed by atoms with Gasteiger partial charge < -0.3 is 5.32 Å². The molecule has 3 rings (SSSR count). The fourth-order valence-corrected chi connectivity index (χ4v) is 4.44. The number of hydrogen-bond donors (Lipinski definition) is 1.